The summed E-state index contributed by atoms with van der Waals surface area (Å²) in [7, 11) is 0. The van der Waals surface area contributed by atoms with E-state index in [-0.39, 0.29) is 18.1 Å². The molecule has 2 N–H and O–H groups in total. The van der Waals surface area contributed by atoms with Crippen LogP contribution in [0.2, 0.25) is 0 Å². The van der Waals surface area contributed by atoms with Crippen molar-refractivity contribution in [3.8, 4) is 5.75 Å². The fraction of sp³-hybridized carbons (Fsp3) is 0.588. The van der Waals surface area contributed by atoms with Gasteiger partial charge in [0.1, 0.15) is 5.75 Å². The maximum atomic E-state index is 12.3. The molecular formula is C17H25NO3. The average molecular weight is 291 g/mol. The van der Waals surface area contributed by atoms with Crippen LogP contribution in [0.1, 0.15) is 51.5 Å². The summed E-state index contributed by atoms with van der Waals surface area (Å²) in [6, 6.07) is 7.19. The number of hydrogen-bond donors (Lipinski definition) is 2. The molecule has 1 atom stereocenters. The fourth-order valence-electron chi connectivity index (χ4n) is 2.83. The number of amides is 1. The molecule has 1 fully saturated rings. The smallest absolute Gasteiger partial charge is 0.261 e. The van der Waals surface area contributed by atoms with Crippen LogP contribution in [0.5, 0.6) is 5.75 Å². The Balaban J connectivity index is 1.92. The number of hydrogen-bond acceptors (Lipinski definition) is 3. The first kappa shape index (κ1) is 15.8. The Labute approximate surface area is 126 Å². The van der Waals surface area contributed by atoms with Crippen LogP contribution in [0.15, 0.2) is 24.3 Å². The lowest BCUT2D eigenvalue weighted by Gasteiger charge is -2.35. The van der Waals surface area contributed by atoms with Crippen molar-refractivity contribution in [1.82, 2.24) is 5.32 Å². The van der Waals surface area contributed by atoms with Crippen molar-refractivity contribution in [3.05, 3.63) is 29.8 Å². The standard InChI is InChI=1S/C17H25NO3/c1-13(21-15-8-6-7-14(11-15)12-19)16(20)18-17(2)9-4-3-5-10-17/h6-8,11,13,19H,3-5,9-10,12H2,1-2H3,(H,18,20). The molecule has 0 heterocycles. The van der Waals surface area contributed by atoms with Crippen LogP contribution in [0, 0.1) is 0 Å². The fourth-order valence-corrected chi connectivity index (χ4v) is 2.83. The van der Waals surface area contributed by atoms with Gasteiger partial charge in [0, 0.05) is 5.54 Å². The SMILES string of the molecule is CC(Oc1cccc(CO)c1)C(=O)NC1(C)CCCCC1. The van der Waals surface area contributed by atoms with Crippen molar-refractivity contribution in [2.75, 3.05) is 0 Å². The summed E-state index contributed by atoms with van der Waals surface area (Å²) < 4.78 is 5.68. The number of nitrogens with one attached hydrogen (secondary N) is 1. The van der Waals surface area contributed by atoms with E-state index in [9.17, 15) is 4.79 Å². The van der Waals surface area contributed by atoms with E-state index in [1.165, 1.54) is 19.3 Å². The van der Waals surface area contributed by atoms with Crippen molar-refractivity contribution >= 4 is 5.91 Å². The highest BCUT2D eigenvalue weighted by molar-refractivity contribution is 5.81. The summed E-state index contributed by atoms with van der Waals surface area (Å²) in [6.45, 7) is 3.84. The summed E-state index contributed by atoms with van der Waals surface area (Å²) in [5, 5.41) is 12.3. The van der Waals surface area contributed by atoms with Crippen LogP contribution in [0.4, 0.5) is 0 Å². The van der Waals surface area contributed by atoms with E-state index < -0.39 is 6.10 Å². The van der Waals surface area contributed by atoms with Gasteiger partial charge in [-0.05, 0) is 44.4 Å². The Hall–Kier alpha value is -1.55. The monoisotopic (exact) mass is 291 g/mol. The molecule has 0 saturated heterocycles. The topological polar surface area (TPSA) is 58.6 Å². The summed E-state index contributed by atoms with van der Waals surface area (Å²) in [5.41, 5.74) is 0.680. The molecule has 1 aliphatic carbocycles. The normalized spacial score (nSPS) is 18.8. The lowest BCUT2D eigenvalue weighted by Crippen LogP contribution is -2.51. The van der Waals surface area contributed by atoms with Crippen LogP contribution in [0.3, 0.4) is 0 Å². The van der Waals surface area contributed by atoms with E-state index in [0.717, 1.165) is 18.4 Å². The first-order valence-electron chi connectivity index (χ1n) is 7.71. The maximum Gasteiger partial charge on any atom is 0.261 e. The Bertz CT molecular complexity index is 481. The lowest BCUT2D eigenvalue weighted by atomic mass is 9.83. The molecule has 4 heteroatoms. The minimum atomic E-state index is -0.544. The zero-order valence-electron chi connectivity index (χ0n) is 12.9. The van der Waals surface area contributed by atoms with Gasteiger partial charge in [-0.1, -0.05) is 31.4 Å². The van der Waals surface area contributed by atoms with Gasteiger partial charge in [0.05, 0.1) is 6.61 Å². The molecule has 116 valence electrons. The number of aliphatic hydroxyl groups excluding tert-OH is 1. The molecule has 1 aromatic carbocycles. The van der Waals surface area contributed by atoms with E-state index in [1.807, 2.05) is 12.1 Å². The van der Waals surface area contributed by atoms with Crippen LogP contribution in [-0.4, -0.2) is 22.7 Å². The van der Waals surface area contributed by atoms with Crippen molar-refractivity contribution < 1.29 is 14.6 Å². The zero-order chi connectivity index (χ0) is 15.3. The van der Waals surface area contributed by atoms with E-state index >= 15 is 0 Å². The van der Waals surface area contributed by atoms with Gasteiger partial charge in [0.25, 0.3) is 5.91 Å². The summed E-state index contributed by atoms with van der Waals surface area (Å²) in [4.78, 5) is 12.3. The molecule has 1 saturated carbocycles. The molecule has 1 unspecified atom stereocenters. The number of carbonyl (C=O) groups excluding carboxylic acids is 1. The van der Waals surface area contributed by atoms with E-state index in [4.69, 9.17) is 9.84 Å². The van der Waals surface area contributed by atoms with Gasteiger partial charge in [-0.25, -0.2) is 0 Å². The van der Waals surface area contributed by atoms with E-state index in [2.05, 4.69) is 12.2 Å². The Morgan fingerprint density at radius 2 is 2.10 bits per heavy atom. The highest BCUT2D eigenvalue weighted by Crippen LogP contribution is 2.27. The molecule has 1 aromatic rings. The number of benzene rings is 1. The van der Waals surface area contributed by atoms with Gasteiger partial charge in [0.15, 0.2) is 6.10 Å². The third-order valence-electron chi connectivity index (χ3n) is 4.15. The largest absolute Gasteiger partial charge is 0.481 e. The van der Waals surface area contributed by atoms with Crippen molar-refractivity contribution in [2.45, 2.75) is 64.2 Å². The third kappa shape index (κ3) is 4.46. The van der Waals surface area contributed by atoms with Crippen LogP contribution < -0.4 is 10.1 Å². The average Bonchev–Trinajstić information content (AvgIpc) is 2.47. The first-order chi connectivity index (χ1) is 10.0. The molecular weight excluding hydrogens is 266 g/mol. The predicted octanol–water partition coefficient (Wildman–Crippen LogP) is 2.79. The quantitative estimate of drug-likeness (QED) is 0.877. The minimum Gasteiger partial charge on any atom is -0.481 e. The predicted molar refractivity (Wildman–Crippen MR) is 82.1 cm³/mol. The molecule has 1 aliphatic rings. The highest BCUT2D eigenvalue weighted by Gasteiger charge is 2.30. The van der Waals surface area contributed by atoms with Crippen molar-refractivity contribution in [2.24, 2.45) is 0 Å². The summed E-state index contributed by atoms with van der Waals surface area (Å²) >= 11 is 0. The van der Waals surface area contributed by atoms with Crippen molar-refractivity contribution in [1.29, 1.82) is 0 Å². The highest BCUT2D eigenvalue weighted by atomic mass is 16.5. The summed E-state index contributed by atoms with van der Waals surface area (Å²) in [5.74, 6) is 0.534. The lowest BCUT2D eigenvalue weighted by molar-refractivity contribution is -0.129. The number of carbonyl (C=O) groups is 1. The van der Waals surface area contributed by atoms with E-state index in [0.29, 0.717) is 5.75 Å². The van der Waals surface area contributed by atoms with Gasteiger partial charge >= 0.3 is 0 Å². The van der Waals surface area contributed by atoms with Crippen LogP contribution >= 0.6 is 0 Å². The zero-order valence-corrected chi connectivity index (χ0v) is 12.9. The third-order valence-corrected chi connectivity index (χ3v) is 4.15. The molecule has 0 spiro atoms. The molecule has 0 aromatic heterocycles. The second-order valence-electron chi connectivity index (χ2n) is 6.18. The molecule has 0 bridgehead atoms. The maximum absolute atomic E-state index is 12.3. The van der Waals surface area contributed by atoms with Gasteiger partial charge in [-0.2, -0.15) is 0 Å². The van der Waals surface area contributed by atoms with Crippen LogP contribution in [-0.2, 0) is 11.4 Å². The number of aliphatic hydroxyl groups is 1. The van der Waals surface area contributed by atoms with E-state index in [1.54, 1.807) is 19.1 Å². The number of ether oxygens (including phenoxy) is 1. The Morgan fingerprint density at radius 3 is 2.76 bits per heavy atom. The second-order valence-corrected chi connectivity index (χ2v) is 6.18. The minimum absolute atomic E-state index is 0.0319. The van der Waals surface area contributed by atoms with Gasteiger partial charge < -0.3 is 15.2 Å². The molecule has 1 amide bonds. The first-order valence-corrected chi connectivity index (χ1v) is 7.71. The molecule has 2 rings (SSSR count). The Kier molecular flexibility index (Phi) is 5.23. The summed E-state index contributed by atoms with van der Waals surface area (Å²) in [6.07, 6.45) is 5.12. The molecule has 4 nitrogen and oxygen atoms in total. The Morgan fingerprint density at radius 1 is 1.38 bits per heavy atom. The molecule has 21 heavy (non-hydrogen) atoms. The van der Waals surface area contributed by atoms with Gasteiger partial charge in [-0.3, -0.25) is 4.79 Å². The van der Waals surface area contributed by atoms with Crippen LogP contribution in [0.25, 0.3) is 0 Å². The molecule has 0 radical (unpaired) electrons. The second kappa shape index (κ2) is 6.94. The van der Waals surface area contributed by atoms with Gasteiger partial charge in [-0.15, -0.1) is 0 Å². The molecule has 0 aliphatic heterocycles. The number of rotatable bonds is 5. The van der Waals surface area contributed by atoms with Gasteiger partial charge in [0.2, 0.25) is 0 Å². The van der Waals surface area contributed by atoms with Crippen molar-refractivity contribution in [3.63, 3.8) is 0 Å².